The maximum Gasteiger partial charge on any atom is 0.256 e. The van der Waals surface area contributed by atoms with Crippen molar-refractivity contribution >= 4 is 23.2 Å². The molecular weight excluding hydrogens is 260 g/mol. The molecule has 0 atom stereocenters. The van der Waals surface area contributed by atoms with E-state index < -0.39 is 0 Å². The van der Waals surface area contributed by atoms with Crippen molar-refractivity contribution < 1.29 is 4.79 Å². The average molecular weight is 281 g/mol. The van der Waals surface area contributed by atoms with Crippen molar-refractivity contribution in [2.24, 2.45) is 0 Å². The summed E-state index contributed by atoms with van der Waals surface area (Å²) in [5, 5.41) is 3.91. The molecule has 1 amide bonds. The lowest BCUT2D eigenvalue weighted by atomic mass is 10.1. The fourth-order valence-corrected chi connectivity index (χ4v) is 2.39. The van der Waals surface area contributed by atoms with Gasteiger partial charge in [-0.1, -0.05) is 18.5 Å². The Morgan fingerprint density at radius 3 is 2.74 bits per heavy atom. The molecule has 0 unspecified atom stereocenters. The minimum Gasteiger partial charge on any atom is -0.384 e. The van der Waals surface area contributed by atoms with Crippen LogP contribution in [0.1, 0.15) is 43.5 Å². The first-order valence-electron chi connectivity index (χ1n) is 7.01. The molecule has 1 aromatic rings. The van der Waals surface area contributed by atoms with Crippen molar-refractivity contribution in [2.75, 3.05) is 18.4 Å². The summed E-state index contributed by atoms with van der Waals surface area (Å²) in [5.41, 5.74) is 1.57. The number of benzene rings is 1. The number of carbonyl (C=O) groups is 1. The largest absolute Gasteiger partial charge is 0.384 e. The van der Waals surface area contributed by atoms with Crippen molar-refractivity contribution in [3.8, 4) is 0 Å². The van der Waals surface area contributed by atoms with Crippen LogP contribution in [0.2, 0.25) is 5.02 Å². The highest BCUT2D eigenvalue weighted by Gasteiger charge is 2.32. The molecule has 1 aliphatic carbocycles. The number of nitrogens with one attached hydrogen (secondary N) is 1. The molecule has 1 aromatic carbocycles. The molecular formula is C15H21ClN2O. The van der Waals surface area contributed by atoms with Gasteiger partial charge in [0.1, 0.15) is 0 Å². The van der Waals surface area contributed by atoms with Crippen molar-refractivity contribution in [3.63, 3.8) is 0 Å². The lowest BCUT2D eigenvalue weighted by Gasteiger charge is -2.22. The molecule has 0 bridgehead atoms. The van der Waals surface area contributed by atoms with E-state index in [1.807, 2.05) is 24.0 Å². The van der Waals surface area contributed by atoms with Crippen LogP contribution in [0.25, 0.3) is 0 Å². The molecule has 0 heterocycles. The molecule has 0 spiro atoms. The number of anilines is 1. The third-order valence-corrected chi connectivity index (χ3v) is 3.60. The summed E-state index contributed by atoms with van der Waals surface area (Å²) in [6.45, 7) is 5.74. The first-order valence-corrected chi connectivity index (χ1v) is 7.39. The molecule has 0 aromatic heterocycles. The first kappa shape index (κ1) is 14.2. The summed E-state index contributed by atoms with van der Waals surface area (Å²) >= 11 is 6.04. The Kier molecular flexibility index (Phi) is 4.70. The molecule has 1 N–H and O–H groups in total. The fraction of sp³-hybridized carbons (Fsp3) is 0.533. The van der Waals surface area contributed by atoms with Gasteiger partial charge in [0.25, 0.3) is 5.91 Å². The Morgan fingerprint density at radius 2 is 2.16 bits per heavy atom. The Bertz CT molecular complexity index is 457. The van der Waals surface area contributed by atoms with Crippen LogP contribution in [0.4, 0.5) is 5.69 Å². The Labute approximate surface area is 119 Å². The van der Waals surface area contributed by atoms with Gasteiger partial charge in [-0.05, 0) is 44.4 Å². The number of amides is 1. The molecule has 2 rings (SSSR count). The number of hydrogen-bond acceptors (Lipinski definition) is 2. The SMILES string of the molecule is CCCNc1ccc(Cl)cc1C(=O)N(CC)C1CC1. The highest BCUT2D eigenvalue weighted by Crippen LogP contribution is 2.30. The zero-order valence-corrected chi connectivity index (χ0v) is 12.3. The maximum absolute atomic E-state index is 12.6. The second-order valence-corrected chi connectivity index (χ2v) is 5.38. The topological polar surface area (TPSA) is 32.3 Å². The standard InChI is InChI=1S/C15H21ClN2O/c1-3-9-17-14-8-5-11(16)10-13(14)15(19)18(4-2)12-6-7-12/h5,8,10,12,17H,3-4,6-7,9H2,1-2H3. The smallest absolute Gasteiger partial charge is 0.256 e. The van der Waals surface area contributed by atoms with Gasteiger partial charge in [-0.2, -0.15) is 0 Å². The van der Waals surface area contributed by atoms with Gasteiger partial charge in [0.05, 0.1) is 5.56 Å². The summed E-state index contributed by atoms with van der Waals surface area (Å²) in [7, 11) is 0. The van der Waals surface area contributed by atoms with E-state index in [9.17, 15) is 4.79 Å². The highest BCUT2D eigenvalue weighted by atomic mass is 35.5. The third kappa shape index (κ3) is 3.41. The molecule has 4 heteroatoms. The van der Waals surface area contributed by atoms with Gasteiger partial charge in [0.2, 0.25) is 0 Å². The van der Waals surface area contributed by atoms with Crippen LogP contribution in [0.3, 0.4) is 0 Å². The van der Waals surface area contributed by atoms with E-state index >= 15 is 0 Å². The van der Waals surface area contributed by atoms with Gasteiger partial charge in [0.15, 0.2) is 0 Å². The summed E-state index contributed by atoms with van der Waals surface area (Å²) < 4.78 is 0. The lowest BCUT2D eigenvalue weighted by Crippen LogP contribution is -2.33. The first-order chi connectivity index (χ1) is 9.17. The van der Waals surface area contributed by atoms with E-state index in [0.717, 1.165) is 38.0 Å². The van der Waals surface area contributed by atoms with E-state index in [1.54, 1.807) is 6.07 Å². The predicted molar refractivity (Wildman–Crippen MR) is 80.0 cm³/mol. The minimum atomic E-state index is 0.0890. The summed E-state index contributed by atoms with van der Waals surface area (Å²) in [6.07, 6.45) is 3.27. The van der Waals surface area contributed by atoms with Gasteiger partial charge < -0.3 is 10.2 Å². The van der Waals surface area contributed by atoms with E-state index in [4.69, 9.17) is 11.6 Å². The fourth-order valence-electron chi connectivity index (χ4n) is 2.22. The minimum absolute atomic E-state index is 0.0890. The second kappa shape index (κ2) is 6.29. The summed E-state index contributed by atoms with van der Waals surface area (Å²) in [5.74, 6) is 0.0890. The van der Waals surface area contributed by atoms with Crippen LogP contribution < -0.4 is 5.32 Å². The maximum atomic E-state index is 12.6. The van der Waals surface area contributed by atoms with Crippen molar-refractivity contribution in [3.05, 3.63) is 28.8 Å². The second-order valence-electron chi connectivity index (χ2n) is 4.94. The number of hydrogen-bond donors (Lipinski definition) is 1. The van der Waals surface area contributed by atoms with Crippen LogP contribution in [0.5, 0.6) is 0 Å². The Hall–Kier alpha value is -1.22. The molecule has 0 aliphatic heterocycles. The zero-order valence-electron chi connectivity index (χ0n) is 11.6. The number of carbonyl (C=O) groups excluding carboxylic acids is 1. The molecule has 1 aliphatic rings. The van der Waals surface area contributed by atoms with Crippen LogP contribution >= 0.6 is 11.6 Å². The van der Waals surface area contributed by atoms with Crippen molar-refractivity contribution in [1.82, 2.24) is 4.90 Å². The number of halogens is 1. The van der Waals surface area contributed by atoms with Crippen LogP contribution in [-0.4, -0.2) is 29.9 Å². The molecule has 19 heavy (non-hydrogen) atoms. The Balaban J connectivity index is 2.24. The molecule has 3 nitrogen and oxygen atoms in total. The average Bonchev–Trinajstić information content (AvgIpc) is 3.22. The van der Waals surface area contributed by atoms with Crippen LogP contribution in [-0.2, 0) is 0 Å². The number of nitrogens with zero attached hydrogens (tertiary/aromatic N) is 1. The Morgan fingerprint density at radius 1 is 1.42 bits per heavy atom. The van der Waals surface area contributed by atoms with Gasteiger partial charge in [-0.25, -0.2) is 0 Å². The van der Waals surface area contributed by atoms with Gasteiger partial charge in [-0.15, -0.1) is 0 Å². The molecule has 104 valence electrons. The van der Waals surface area contributed by atoms with E-state index in [1.165, 1.54) is 0 Å². The number of rotatable bonds is 6. The lowest BCUT2D eigenvalue weighted by molar-refractivity contribution is 0.0753. The monoisotopic (exact) mass is 280 g/mol. The molecule has 1 saturated carbocycles. The van der Waals surface area contributed by atoms with Crippen LogP contribution in [0, 0.1) is 0 Å². The zero-order chi connectivity index (χ0) is 13.8. The molecule has 0 saturated heterocycles. The third-order valence-electron chi connectivity index (χ3n) is 3.37. The predicted octanol–water partition coefficient (Wildman–Crippen LogP) is 3.79. The molecule has 0 radical (unpaired) electrons. The summed E-state index contributed by atoms with van der Waals surface area (Å²) in [4.78, 5) is 14.6. The van der Waals surface area contributed by atoms with Gasteiger partial charge in [0, 0.05) is 29.8 Å². The van der Waals surface area contributed by atoms with E-state index in [2.05, 4.69) is 12.2 Å². The normalized spacial score (nSPS) is 14.3. The van der Waals surface area contributed by atoms with E-state index in [0.29, 0.717) is 16.6 Å². The van der Waals surface area contributed by atoms with Crippen molar-refractivity contribution in [1.29, 1.82) is 0 Å². The van der Waals surface area contributed by atoms with E-state index in [-0.39, 0.29) is 5.91 Å². The highest BCUT2D eigenvalue weighted by molar-refractivity contribution is 6.31. The molecule has 1 fully saturated rings. The quantitative estimate of drug-likeness (QED) is 0.860. The van der Waals surface area contributed by atoms with Crippen LogP contribution in [0.15, 0.2) is 18.2 Å². The van der Waals surface area contributed by atoms with Gasteiger partial charge >= 0.3 is 0 Å². The summed E-state index contributed by atoms with van der Waals surface area (Å²) in [6, 6.07) is 5.92. The van der Waals surface area contributed by atoms with Crippen molar-refractivity contribution in [2.45, 2.75) is 39.2 Å². The van der Waals surface area contributed by atoms with Gasteiger partial charge in [-0.3, -0.25) is 4.79 Å².